The van der Waals surface area contributed by atoms with Gasteiger partial charge in [-0.15, -0.1) is 0 Å². The van der Waals surface area contributed by atoms with Crippen LogP contribution in [0.2, 0.25) is 0 Å². The van der Waals surface area contributed by atoms with Crippen LogP contribution in [0.25, 0.3) is 10.9 Å². The van der Waals surface area contributed by atoms with Crippen molar-refractivity contribution in [2.24, 2.45) is 5.10 Å². The Kier molecular flexibility index (Phi) is 6.89. The number of carboxylic acid groups (broad SMARTS) is 1. The summed E-state index contributed by atoms with van der Waals surface area (Å²) in [6.45, 7) is 0.205. The third kappa shape index (κ3) is 5.05. The number of nitrogens with zero attached hydrogens (tertiary/aromatic N) is 3. The summed E-state index contributed by atoms with van der Waals surface area (Å²) in [5.41, 5.74) is 2.19. The average Bonchev–Trinajstić information content (AvgIpc) is 2.92. The molecule has 7 nitrogen and oxygen atoms in total. The van der Waals surface area contributed by atoms with Crippen LogP contribution in [0.5, 0.6) is 5.75 Å². The fourth-order valence-electron chi connectivity index (χ4n) is 4.67. The summed E-state index contributed by atoms with van der Waals surface area (Å²) in [4.78, 5) is 29.5. The molecule has 1 aliphatic carbocycles. The molecule has 0 unspecified atom stereocenters. The number of hydrogen-bond acceptors (Lipinski definition) is 5. The van der Waals surface area contributed by atoms with E-state index in [1.165, 1.54) is 11.1 Å². The van der Waals surface area contributed by atoms with Gasteiger partial charge in [0, 0.05) is 11.5 Å². The molecular weight excluding hydrogens is 454 g/mol. The van der Waals surface area contributed by atoms with Crippen molar-refractivity contribution in [2.75, 3.05) is 0 Å². The minimum atomic E-state index is -0.979. The molecule has 0 saturated heterocycles. The van der Waals surface area contributed by atoms with Crippen LogP contribution in [0.4, 0.5) is 0 Å². The Morgan fingerprint density at radius 2 is 1.81 bits per heavy atom. The second kappa shape index (κ2) is 10.6. The van der Waals surface area contributed by atoms with E-state index in [-0.39, 0.29) is 23.6 Å². The highest BCUT2D eigenvalue weighted by molar-refractivity contribution is 5.87. The van der Waals surface area contributed by atoms with E-state index in [2.05, 4.69) is 5.10 Å². The number of aromatic nitrogens is 2. The van der Waals surface area contributed by atoms with Gasteiger partial charge < -0.3 is 9.84 Å². The maximum absolute atomic E-state index is 13.4. The second-order valence-electron chi connectivity index (χ2n) is 9.02. The van der Waals surface area contributed by atoms with Crippen molar-refractivity contribution in [3.05, 3.63) is 106 Å². The first-order chi connectivity index (χ1) is 17.6. The number of para-hydroxylation sites is 2. The summed E-state index contributed by atoms with van der Waals surface area (Å²) in [6.07, 6.45) is 7.07. The molecular formula is C29H27N3O4. The van der Waals surface area contributed by atoms with E-state index in [0.29, 0.717) is 28.0 Å². The smallest absolute Gasteiger partial charge is 0.335 e. The van der Waals surface area contributed by atoms with E-state index in [0.717, 1.165) is 31.2 Å². The molecule has 0 aliphatic heterocycles. The average molecular weight is 482 g/mol. The molecule has 0 spiro atoms. The number of hydrogen-bond donors (Lipinski definition) is 1. The van der Waals surface area contributed by atoms with Crippen LogP contribution in [0, 0.1) is 0 Å². The van der Waals surface area contributed by atoms with E-state index in [4.69, 9.17) is 9.72 Å². The Balaban J connectivity index is 1.47. The quantitative estimate of drug-likeness (QED) is 0.347. The molecule has 1 N–H and O–H groups in total. The highest BCUT2D eigenvalue weighted by atomic mass is 16.5. The topological polar surface area (TPSA) is 93.8 Å². The highest BCUT2D eigenvalue weighted by Crippen LogP contribution is 2.31. The number of carboxylic acids is 1. The first-order valence-corrected chi connectivity index (χ1v) is 12.2. The first-order valence-electron chi connectivity index (χ1n) is 12.2. The summed E-state index contributed by atoms with van der Waals surface area (Å²) < 4.78 is 7.46. The van der Waals surface area contributed by atoms with Gasteiger partial charge in [-0.25, -0.2) is 9.78 Å². The second-order valence-corrected chi connectivity index (χ2v) is 9.02. The largest absolute Gasteiger partial charge is 0.488 e. The van der Waals surface area contributed by atoms with E-state index >= 15 is 0 Å². The lowest BCUT2D eigenvalue weighted by Gasteiger charge is -2.22. The summed E-state index contributed by atoms with van der Waals surface area (Å²) in [6, 6.07) is 21.5. The molecule has 7 heteroatoms. The van der Waals surface area contributed by atoms with Gasteiger partial charge in [-0.2, -0.15) is 9.78 Å². The molecule has 0 bridgehead atoms. The van der Waals surface area contributed by atoms with Crippen molar-refractivity contribution in [1.82, 2.24) is 9.66 Å². The van der Waals surface area contributed by atoms with Gasteiger partial charge in [0.15, 0.2) is 0 Å². The zero-order valence-electron chi connectivity index (χ0n) is 19.8. The Hall–Kier alpha value is -4.26. The van der Waals surface area contributed by atoms with Gasteiger partial charge in [0.1, 0.15) is 18.2 Å². The minimum Gasteiger partial charge on any atom is -0.488 e. The van der Waals surface area contributed by atoms with Crippen molar-refractivity contribution >= 4 is 23.1 Å². The number of rotatable bonds is 7. The third-order valence-electron chi connectivity index (χ3n) is 6.55. The van der Waals surface area contributed by atoms with Crippen molar-refractivity contribution < 1.29 is 14.6 Å². The molecule has 182 valence electrons. The lowest BCUT2D eigenvalue weighted by molar-refractivity contribution is 0.0696. The first kappa shape index (κ1) is 23.5. The summed E-state index contributed by atoms with van der Waals surface area (Å²) in [5.74, 6) is 0.510. The standard InChI is InChI=1S/C29H27N3O4/c33-28-24-14-5-6-15-25(24)31-27(21-10-2-1-3-11-21)32(28)30-18-23-12-4-7-16-26(23)36-19-20-9-8-13-22(17-20)29(34)35/h4-9,12-18,21H,1-3,10-11,19H2,(H,34,35). The predicted octanol–water partition coefficient (Wildman–Crippen LogP) is 5.60. The number of ether oxygens (including phenoxy) is 1. The number of benzene rings is 3. The van der Waals surface area contributed by atoms with Crippen LogP contribution in [0.3, 0.4) is 0 Å². The molecule has 1 aliphatic rings. The molecule has 36 heavy (non-hydrogen) atoms. The van der Waals surface area contributed by atoms with Crippen molar-refractivity contribution in [1.29, 1.82) is 0 Å². The molecule has 1 saturated carbocycles. The molecule has 0 atom stereocenters. The molecule has 5 rings (SSSR count). The van der Waals surface area contributed by atoms with Gasteiger partial charge in [-0.05, 0) is 54.8 Å². The zero-order chi connectivity index (χ0) is 24.9. The van der Waals surface area contributed by atoms with Crippen molar-refractivity contribution in [3.63, 3.8) is 0 Å². The van der Waals surface area contributed by atoms with Crippen molar-refractivity contribution in [3.8, 4) is 5.75 Å². The van der Waals surface area contributed by atoms with E-state index < -0.39 is 5.97 Å². The fraction of sp³-hybridized carbons (Fsp3) is 0.241. The number of fused-ring (bicyclic) bond motifs is 1. The number of carbonyl (C=O) groups is 1. The molecule has 1 aromatic heterocycles. The molecule has 0 radical (unpaired) electrons. The Morgan fingerprint density at radius 3 is 2.64 bits per heavy atom. The summed E-state index contributed by atoms with van der Waals surface area (Å²) in [5, 5.41) is 14.4. The lowest BCUT2D eigenvalue weighted by Crippen LogP contribution is -2.25. The highest BCUT2D eigenvalue weighted by Gasteiger charge is 2.22. The number of aromatic carboxylic acids is 1. The maximum atomic E-state index is 13.4. The fourth-order valence-corrected chi connectivity index (χ4v) is 4.67. The lowest BCUT2D eigenvalue weighted by atomic mass is 9.88. The van der Waals surface area contributed by atoms with Crippen LogP contribution >= 0.6 is 0 Å². The molecule has 1 heterocycles. The van der Waals surface area contributed by atoms with Crippen molar-refractivity contribution in [2.45, 2.75) is 44.6 Å². The third-order valence-corrected chi connectivity index (χ3v) is 6.55. The Bertz CT molecular complexity index is 1490. The predicted molar refractivity (Wildman–Crippen MR) is 139 cm³/mol. The van der Waals surface area contributed by atoms with Gasteiger partial charge in [0.2, 0.25) is 0 Å². The van der Waals surface area contributed by atoms with Crippen LogP contribution in [0.1, 0.15) is 65.3 Å². The molecule has 3 aromatic carbocycles. The van der Waals surface area contributed by atoms with E-state index in [1.54, 1.807) is 30.5 Å². The van der Waals surface area contributed by atoms with Crippen LogP contribution in [-0.2, 0) is 6.61 Å². The molecule has 4 aromatic rings. The normalized spacial score (nSPS) is 14.3. The van der Waals surface area contributed by atoms with Gasteiger partial charge in [-0.1, -0.05) is 55.7 Å². The zero-order valence-corrected chi connectivity index (χ0v) is 19.8. The molecule has 0 amide bonds. The summed E-state index contributed by atoms with van der Waals surface area (Å²) in [7, 11) is 0. The maximum Gasteiger partial charge on any atom is 0.335 e. The van der Waals surface area contributed by atoms with Crippen LogP contribution in [0.15, 0.2) is 82.7 Å². The molecule has 1 fully saturated rings. The SMILES string of the molecule is O=C(O)c1cccc(COc2ccccc2C=Nn2c(C3CCCCC3)nc3ccccc3c2=O)c1. The van der Waals surface area contributed by atoms with Gasteiger partial charge in [0.25, 0.3) is 5.56 Å². The summed E-state index contributed by atoms with van der Waals surface area (Å²) >= 11 is 0. The van der Waals surface area contributed by atoms with Crippen LogP contribution in [-0.4, -0.2) is 27.0 Å². The van der Waals surface area contributed by atoms with E-state index in [9.17, 15) is 14.7 Å². The Labute approximate surface area is 208 Å². The van der Waals surface area contributed by atoms with Gasteiger partial charge >= 0.3 is 5.97 Å². The van der Waals surface area contributed by atoms with Gasteiger partial charge in [-0.3, -0.25) is 4.79 Å². The monoisotopic (exact) mass is 481 g/mol. The van der Waals surface area contributed by atoms with Crippen LogP contribution < -0.4 is 10.3 Å². The minimum absolute atomic E-state index is 0.179. The Morgan fingerprint density at radius 1 is 1.03 bits per heavy atom. The van der Waals surface area contributed by atoms with E-state index in [1.807, 2.05) is 48.5 Å². The van der Waals surface area contributed by atoms with Gasteiger partial charge in [0.05, 0.1) is 22.7 Å².